The number of ether oxygens (including phenoxy) is 1. The average molecular weight is 394 g/mol. The minimum absolute atomic E-state index is 0.184. The number of allylic oxidation sites excluding steroid dienone is 1. The van der Waals surface area contributed by atoms with Gasteiger partial charge >= 0.3 is 11.9 Å². The topological polar surface area (TPSA) is 87.7 Å². The van der Waals surface area contributed by atoms with Gasteiger partial charge in [-0.15, -0.1) is 0 Å². The van der Waals surface area contributed by atoms with Crippen LogP contribution in [0, 0.1) is 0 Å². The molecule has 0 saturated heterocycles. The summed E-state index contributed by atoms with van der Waals surface area (Å²) in [4.78, 5) is 23.6. The number of carboxylic acids is 1. The number of hydrogen-bond acceptors (Lipinski definition) is 4. The van der Waals surface area contributed by atoms with Gasteiger partial charge in [0.15, 0.2) is 5.11 Å². The molecule has 6 nitrogen and oxygen atoms in total. The van der Waals surface area contributed by atoms with Gasteiger partial charge in [-0.2, -0.15) is 0 Å². The molecule has 1 aliphatic heterocycles. The van der Waals surface area contributed by atoms with Crippen LogP contribution in [0.4, 0.5) is 0 Å². The first kappa shape index (κ1) is 19.3. The number of carbonyl (C=O) groups is 2. The molecule has 0 spiro atoms. The van der Waals surface area contributed by atoms with Crippen molar-refractivity contribution < 1.29 is 19.4 Å². The fourth-order valence-electron chi connectivity index (χ4n) is 2.83. The Bertz CT molecular complexity index is 966. The molecule has 3 rings (SSSR count). The van der Waals surface area contributed by atoms with Gasteiger partial charge in [0.05, 0.1) is 11.6 Å². The maximum absolute atomic E-state index is 12.0. The summed E-state index contributed by atoms with van der Waals surface area (Å²) in [5, 5.41) is 15.6. The molecule has 28 heavy (non-hydrogen) atoms. The van der Waals surface area contributed by atoms with Gasteiger partial charge in [0, 0.05) is 11.8 Å². The van der Waals surface area contributed by atoms with Crippen molar-refractivity contribution in [3.8, 4) is 5.75 Å². The third kappa shape index (κ3) is 4.63. The van der Waals surface area contributed by atoms with E-state index in [9.17, 15) is 14.7 Å². The Morgan fingerprint density at radius 3 is 2.43 bits per heavy atom. The minimum atomic E-state index is -1.04. The van der Waals surface area contributed by atoms with Crippen LogP contribution in [-0.2, 0) is 9.59 Å². The molecule has 0 fully saturated rings. The second-order valence-electron chi connectivity index (χ2n) is 6.11. The summed E-state index contributed by atoms with van der Waals surface area (Å²) in [6.07, 6.45) is 3.02. The Balaban J connectivity index is 1.72. The third-order valence-corrected chi connectivity index (χ3v) is 4.36. The van der Waals surface area contributed by atoms with Crippen LogP contribution in [0.3, 0.4) is 0 Å². The van der Waals surface area contributed by atoms with E-state index in [1.165, 1.54) is 6.08 Å². The molecule has 1 unspecified atom stereocenters. The van der Waals surface area contributed by atoms with Crippen molar-refractivity contribution in [2.45, 2.75) is 13.0 Å². The van der Waals surface area contributed by atoms with Crippen LogP contribution >= 0.6 is 12.2 Å². The highest BCUT2D eigenvalue weighted by atomic mass is 32.1. The smallest absolute Gasteiger partial charge is 0.336 e. The van der Waals surface area contributed by atoms with E-state index in [1.54, 1.807) is 37.3 Å². The maximum atomic E-state index is 12.0. The molecule has 2 aromatic rings. The van der Waals surface area contributed by atoms with E-state index < -0.39 is 18.0 Å². The summed E-state index contributed by atoms with van der Waals surface area (Å²) in [6, 6.07) is 15.5. The van der Waals surface area contributed by atoms with E-state index in [0.717, 1.165) is 5.56 Å². The van der Waals surface area contributed by atoms with E-state index in [1.807, 2.05) is 30.3 Å². The molecule has 0 aliphatic carbocycles. The molecule has 142 valence electrons. The predicted octanol–water partition coefficient (Wildman–Crippen LogP) is 3.18. The summed E-state index contributed by atoms with van der Waals surface area (Å²) in [5.74, 6) is -1.17. The number of carboxylic acid groups (broad SMARTS) is 1. The molecule has 7 heteroatoms. The molecular weight excluding hydrogens is 376 g/mol. The van der Waals surface area contributed by atoms with Crippen molar-refractivity contribution >= 4 is 35.3 Å². The van der Waals surface area contributed by atoms with Gasteiger partial charge in [-0.1, -0.05) is 42.5 Å². The zero-order valence-corrected chi connectivity index (χ0v) is 15.8. The number of rotatable bonds is 5. The molecule has 0 radical (unpaired) electrons. The lowest BCUT2D eigenvalue weighted by molar-refractivity contribution is -0.133. The molecular formula is C21H18N2O4S. The standard InChI is InChI=1S/C21H18N2O4S/c1-13-18(20(25)26)19(23-21(28)22-13)15-8-10-16(11-9-15)27-17(24)12-7-14-5-3-2-4-6-14/h2-12,19H,1H3,(H,25,26)(H2,22,23,28)/b12-7+. The van der Waals surface area contributed by atoms with Gasteiger partial charge in [-0.25, -0.2) is 9.59 Å². The normalized spacial score (nSPS) is 16.5. The fourth-order valence-corrected chi connectivity index (χ4v) is 3.11. The van der Waals surface area contributed by atoms with Crippen LogP contribution in [0.5, 0.6) is 5.75 Å². The Morgan fingerprint density at radius 1 is 1.11 bits per heavy atom. The first-order valence-electron chi connectivity index (χ1n) is 8.50. The van der Waals surface area contributed by atoms with Crippen molar-refractivity contribution in [1.82, 2.24) is 10.6 Å². The van der Waals surface area contributed by atoms with Crippen LogP contribution in [0.25, 0.3) is 6.08 Å². The first-order chi connectivity index (χ1) is 13.4. The summed E-state index contributed by atoms with van der Waals surface area (Å²) >= 11 is 5.13. The van der Waals surface area contributed by atoms with E-state index in [0.29, 0.717) is 22.1 Å². The number of aliphatic carboxylic acids is 1. The third-order valence-electron chi connectivity index (χ3n) is 4.14. The van der Waals surface area contributed by atoms with E-state index in [2.05, 4.69) is 10.6 Å². The lowest BCUT2D eigenvalue weighted by Gasteiger charge is -2.28. The van der Waals surface area contributed by atoms with Crippen LogP contribution in [-0.4, -0.2) is 22.2 Å². The number of thiocarbonyl (C=S) groups is 1. The second kappa shape index (κ2) is 8.49. The summed E-state index contributed by atoms with van der Waals surface area (Å²) in [6.45, 7) is 1.67. The monoisotopic (exact) mass is 394 g/mol. The SMILES string of the molecule is CC1=C(C(=O)O)C(c2ccc(OC(=O)/C=C/c3ccccc3)cc2)NC(=S)N1. The van der Waals surface area contributed by atoms with Crippen LogP contribution in [0.2, 0.25) is 0 Å². The van der Waals surface area contributed by atoms with Gasteiger partial charge < -0.3 is 20.5 Å². The molecule has 0 bridgehead atoms. The Morgan fingerprint density at radius 2 is 1.79 bits per heavy atom. The van der Waals surface area contributed by atoms with Crippen molar-refractivity contribution in [2.75, 3.05) is 0 Å². The highest BCUT2D eigenvalue weighted by Gasteiger charge is 2.29. The lowest BCUT2D eigenvalue weighted by atomic mass is 9.96. The number of nitrogens with one attached hydrogen (secondary N) is 2. The Labute approximate surface area is 167 Å². The molecule has 3 N–H and O–H groups in total. The lowest BCUT2D eigenvalue weighted by Crippen LogP contribution is -2.44. The average Bonchev–Trinajstić information content (AvgIpc) is 2.67. The molecule has 1 heterocycles. The Hall–Kier alpha value is -3.45. The van der Waals surface area contributed by atoms with Gasteiger partial charge in [0.2, 0.25) is 0 Å². The van der Waals surface area contributed by atoms with Crippen LogP contribution in [0.15, 0.2) is 71.9 Å². The predicted molar refractivity (Wildman–Crippen MR) is 109 cm³/mol. The quantitative estimate of drug-likeness (QED) is 0.311. The van der Waals surface area contributed by atoms with Crippen molar-refractivity contribution in [2.24, 2.45) is 0 Å². The summed E-state index contributed by atoms with van der Waals surface area (Å²) < 4.78 is 5.28. The van der Waals surface area contributed by atoms with Crippen LogP contribution < -0.4 is 15.4 Å². The molecule has 1 aliphatic rings. The number of benzene rings is 2. The molecule has 0 saturated carbocycles. The molecule has 0 aromatic heterocycles. The van der Waals surface area contributed by atoms with E-state index in [4.69, 9.17) is 17.0 Å². The fraction of sp³-hybridized carbons (Fsp3) is 0.0952. The van der Waals surface area contributed by atoms with Crippen molar-refractivity contribution in [3.05, 3.63) is 83.1 Å². The van der Waals surface area contributed by atoms with Gasteiger partial charge in [0.25, 0.3) is 0 Å². The molecule has 0 amide bonds. The highest BCUT2D eigenvalue weighted by molar-refractivity contribution is 7.80. The molecule has 1 atom stereocenters. The number of carbonyl (C=O) groups excluding carboxylic acids is 1. The first-order valence-corrected chi connectivity index (χ1v) is 8.91. The molecule has 2 aromatic carbocycles. The summed E-state index contributed by atoms with van der Waals surface area (Å²) in [5.41, 5.74) is 2.26. The van der Waals surface area contributed by atoms with Crippen molar-refractivity contribution in [3.63, 3.8) is 0 Å². The van der Waals surface area contributed by atoms with E-state index in [-0.39, 0.29) is 5.57 Å². The minimum Gasteiger partial charge on any atom is -0.478 e. The maximum Gasteiger partial charge on any atom is 0.336 e. The van der Waals surface area contributed by atoms with Gasteiger partial charge in [0.1, 0.15) is 5.75 Å². The van der Waals surface area contributed by atoms with Crippen LogP contribution in [0.1, 0.15) is 24.1 Å². The summed E-state index contributed by atoms with van der Waals surface area (Å²) in [7, 11) is 0. The largest absolute Gasteiger partial charge is 0.478 e. The Kier molecular flexibility index (Phi) is 5.86. The van der Waals surface area contributed by atoms with E-state index >= 15 is 0 Å². The zero-order valence-electron chi connectivity index (χ0n) is 15.0. The van der Waals surface area contributed by atoms with Gasteiger partial charge in [-0.3, -0.25) is 0 Å². The second-order valence-corrected chi connectivity index (χ2v) is 6.52. The van der Waals surface area contributed by atoms with Crippen molar-refractivity contribution in [1.29, 1.82) is 0 Å². The van der Waals surface area contributed by atoms with Gasteiger partial charge in [-0.05, 0) is 48.5 Å². The number of hydrogen-bond donors (Lipinski definition) is 3. The zero-order chi connectivity index (χ0) is 20.1. The number of esters is 1. The highest BCUT2D eigenvalue weighted by Crippen LogP contribution is 2.28.